The Morgan fingerprint density at radius 2 is 1.79 bits per heavy atom. The molecule has 0 atom stereocenters. The maximum atomic E-state index is 10.5. The number of rotatable bonds is 5. The molecular formula is C23H15ClO3S. The fourth-order valence-corrected chi connectivity index (χ4v) is 4.39. The number of benzene rings is 3. The van der Waals surface area contributed by atoms with Crippen LogP contribution in [0.15, 0.2) is 72.8 Å². The molecule has 0 saturated carbocycles. The Morgan fingerprint density at radius 1 is 1.00 bits per heavy atom. The quantitative estimate of drug-likeness (QED) is 0.288. The molecule has 0 aliphatic carbocycles. The standard InChI is InChI=1S/C23H15ClO3S/c24-20-6-2-1-5-18(20)23-22(19-12-9-16(26)14-21(19)28-23)27-17-10-7-15(8-11-17)4-3-13-25/h1-14,26H. The highest BCUT2D eigenvalue weighted by molar-refractivity contribution is 7.22. The largest absolute Gasteiger partial charge is 0.508 e. The molecule has 0 bridgehead atoms. The van der Waals surface area contributed by atoms with Gasteiger partial charge in [-0.15, -0.1) is 11.3 Å². The molecule has 0 spiro atoms. The smallest absolute Gasteiger partial charge is 0.153 e. The van der Waals surface area contributed by atoms with E-state index < -0.39 is 0 Å². The summed E-state index contributed by atoms with van der Waals surface area (Å²) in [4.78, 5) is 11.4. The van der Waals surface area contributed by atoms with Crippen molar-refractivity contribution < 1.29 is 14.6 Å². The van der Waals surface area contributed by atoms with Gasteiger partial charge in [-0.1, -0.05) is 48.0 Å². The van der Waals surface area contributed by atoms with Crippen LogP contribution < -0.4 is 4.74 Å². The van der Waals surface area contributed by atoms with Gasteiger partial charge in [0.1, 0.15) is 17.8 Å². The maximum Gasteiger partial charge on any atom is 0.153 e. The molecule has 0 saturated heterocycles. The Balaban J connectivity index is 1.81. The summed E-state index contributed by atoms with van der Waals surface area (Å²) in [5, 5.41) is 11.4. The Labute approximate surface area is 171 Å². The molecule has 0 unspecified atom stereocenters. The lowest BCUT2D eigenvalue weighted by molar-refractivity contribution is -0.104. The number of fused-ring (bicyclic) bond motifs is 1. The predicted molar refractivity (Wildman–Crippen MR) is 116 cm³/mol. The molecule has 0 aliphatic rings. The SMILES string of the molecule is O=CC=Cc1ccc(Oc2c(-c3ccccc3Cl)sc3cc(O)ccc23)cc1. The summed E-state index contributed by atoms with van der Waals surface area (Å²) >= 11 is 7.95. The molecule has 0 aliphatic heterocycles. The molecule has 1 N–H and O–H groups in total. The molecule has 0 amide bonds. The molecule has 4 rings (SSSR count). The highest BCUT2D eigenvalue weighted by Gasteiger charge is 2.18. The molecule has 0 radical (unpaired) electrons. The van der Waals surface area contributed by atoms with Gasteiger partial charge in [0, 0.05) is 20.7 Å². The lowest BCUT2D eigenvalue weighted by Crippen LogP contribution is -1.86. The van der Waals surface area contributed by atoms with Crippen LogP contribution in [-0.2, 0) is 4.79 Å². The number of halogens is 1. The van der Waals surface area contributed by atoms with Crippen LogP contribution in [0.25, 0.3) is 26.6 Å². The van der Waals surface area contributed by atoms with Crippen molar-refractivity contribution in [1.82, 2.24) is 0 Å². The van der Waals surface area contributed by atoms with Crippen molar-refractivity contribution in [1.29, 1.82) is 0 Å². The molecule has 0 fully saturated rings. The van der Waals surface area contributed by atoms with E-state index in [2.05, 4.69) is 0 Å². The molecule has 3 nitrogen and oxygen atoms in total. The Morgan fingerprint density at radius 3 is 2.54 bits per heavy atom. The molecule has 1 heterocycles. The third-order valence-electron chi connectivity index (χ3n) is 4.21. The number of carbonyl (C=O) groups is 1. The Hall–Kier alpha value is -3.08. The summed E-state index contributed by atoms with van der Waals surface area (Å²) in [6.07, 6.45) is 3.92. The van der Waals surface area contributed by atoms with Crippen molar-refractivity contribution in [2.45, 2.75) is 0 Å². The van der Waals surface area contributed by atoms with Gasteiger partial charge in [0.25, 0.3) is 0 Å². The topological polar surface area (TPSA) is 46.5 Å². The van der Waals surface area contributed by atoms with Gasteiger partial charge in [0.2, 0.25) is 0 Å². The number of phenols is 1. The number of ether oxygens (including phenoxy) is 1. The number of phenolic OH excluding ortho intramolecular Hbond substituents is 1. The highest BCUT2D eigenvalue weighted by Crippen LogP contribution is 2.48. The van der Waals surface area contributed by atoms with Crippen LogP contribution in [0.3, 0.4) is 0 Å². The van der Waals surface area contributed by atoms with Crippen LogP contribution in [0.2, 0.25) is 5.02 Å². The van der Waals surface area contributed by atoms with E-state index in [9.17, 15) is 9.90 Å². The number of carbonyl (C=O) groups excluding carboxylic acids is 1. The van der Waals surface area contributed by atoms with E-state index >= 15 is 0 Å². The van der Waals surface area contributed by atoms with Gasteiger partial charge in [0.05, 0.1) is 4.88 Å². The van der Waals surface area contributed by atoms with E-state index in [1.807, 2.05) is 54.6 Å². The van der Waals surface area contributed by atoms with Crippen LogP contribution in [-0.4, -0.2) is 11.4 Å². The van der Waals surface area contributed by atoms with Crippen molar-refractivity contribution in [2.24, 2.45) is 0 Å². The molecule has 3 aromatic carbocycles. The van der Waals surface area contributed by atoms with Crippen LogP contribution in [0.4, 0.5) is 0 Å². The third-order valence-corrected chi connectivity index (χ3v) is 5.71. The van der Waals surface area contributed by atoms with Gasteiger partial charge in [-0.05, 0) is 48.0 Å². The summed E-state index contributed by atoms with van der Waals surface area (Å²) in [7, 11) is 0. The Kier molecular flexibility index (Phi) is 5.15. The number of hydrogen-bond acceptors (Lipinski definition) is 4. The summed E-state index contributed by atoms with van der Waals surface area (Å²) in [5.41, 5.74) is 1.79. The van der Waals surface area contributed by atoms with Crippen LogP contribution in [0.5, 0.6) is 17.2 Å². The van der Waals surface area contributed by atoms with Gasteiger partial charge in [-0.2, -0.15) is 0 Å². The number of aldehydes is 1. The van der Waals surface area contributed by atoms with E-state index in [0.29, 0.717) is 16.5 Å². The first-order valence-electron chi connectivity index (χ1n) is 8.56. The average Bonchev–Trinajstić information content (AvgIpc) is 3.05. The lowest BCUT2D eigenvalue weighted by atomic mass is 10.1. The molecule has 138 valence electrons. The van der Waals surface area contributed by atoms with Crippen molar-refractivity contribution in [2.75, 3.05) is 0 Å². The number of hydrogen-bond donors (Lipinski definition) is 1. The zero-order chi connectivity index (χ0) is 19.5. The lowest BCUT2D eigenvalue weighted by Gasteiger charge is -2.09. The first-order chi connectivity index (χ1) is 13.7. The van der Waals surface area contributed by atoms with E-state index in [0.717, 1.165) is 32.4 Å². The molecule has 5 heteroatoms. The maximum absolute atomic E-state index is 10.5. The van der Waals surface area contributed by atoms with Gasteiger partial charge < -0.3 is 9.84 Å². The summed E-state index contributed by atoms with van der Waals surface area (Å²) < 4.78 is 7.16. The normalized spacial score (nSPS) is 11.2. The number of aromatic hydroxyl groups is 1. The first kappa shape index (κ1) is 18.3. The summed E-state index contributed by atoms with van der Waals surface area (Å²) in [6, 6.07) is 20.3. The van der Waals surface area contributed by atoms with Crippen LogP contribution in [0.1, 0.15) is 5.56 Å². The zero-order valence-corrected chi connectivity index (χ0v) is 16.2. The fraction of sp³-hybridized carbons (Fsp3) is 0. The van der Waals surface area contributed by atoms with Crippen LogP contribution >= 0.6 is 22.9 Å². The first-order valence-corrected chi connectivity index (χ1v) is 9.75. The van der Waals surface area contributed by atoms with Gasteiger partial charge in [0.15, 0.2) is 5.75 Å². The minimum atomic E-state index is 0.206. The van der Waals surface area contributed by atoms with Crippen LogP contribution in [0, 0.1) is 0 Å². The summed E-state index contributed by atoms with van der Waals surface area (Å²) in [5.74, 6) is 1.57. The minimum Gasteiger partial charge on any atom is -0.508 e. The number of allylic oxidation sites excluding steroid dienone is 1. The second kappa shape index (κ2) is 7.89. The van der Waals surface area contributed by atoms with Crippen molar-refractivity contribution in [3.63, 3.8) is 0 Å². The zero-order valence-electron chi connectivity index (χ0n) is 14.6. The van der Waals surface area contributed by atoms with Crippen molar-refractivity contribution in [3.8, 4) is 27.7 Å². The predicted octanol–water partition coefficient (Wildman–Crippen LogP) is 6.93. The minimum absolute atomic E-state index is 0.206. The molecular weight excluding hydrogens is 392 g/mol. The monoisotopic (exact) mass is 406 g/mol. The number of thiophene rings is 1. The van der Waals surface area contributed by atoms with Gasteiger partial charge in [-0.25, -0.2) is 0 Å². The van der Waals surface area contributed by atoms with Gasteiger partial charge >= 0.3 is 0 Å². The molecule has 1 aromatic heterocycles. The molecule has 4 aromatic rings. The van der Waals surface area contributed by atoms with E-state index in [4.69, 9.17) is 16.3 Å². The van der Waals surface area contributed by atoms with Crippen molar-refractivity contribution in [3.05, 3.63) is 83.4 Å². The second-order valence-corrected chi connectivity index (χ2v) is 7.55. The highest BCUT2D eigenvalue weighted by atomic mass is 35.5. The van der Waals surface area contributed by atoms with Gasteiger partial charge in [-0.3, -0.25) is 4.79 Å². The fourth-order valence-electron chi connectivity index (χ4n) is 2.90. The third kappa shape index (κ3) is 3.65. The van der Waals surface area contributed by atoms with E-state index in [1.165, 1.54) is 17.4 Å². The van der Waals surface area contributed by atoms with E-state index in [-0.39, 0.29) is 5.75 Å². The average molecular weight is 407 g/mol. The summed E-state index contributed by atoms with van der Waals surface area (Å²) in [6.45, 7) is 0. The Bertz CT molecular complexity index is 1180. The second-order valence-electron chi connectivity index (χ2n) is 6.09. The van der Waals surface area contributed by atoms with Crippen molar-refractivity contribution >= 4 is 45.4 Å². The molecule has 28 heavy (non-hydrogen) atoms. The van der Waals surface area contributed by atoms with E-state index in [1.54, 1.807) is 18.2 Å².